The topological polar surface area (TPSA) is 59.3 Å². The zero-order chi connectivity index (χ0) is 22.2. The van der Waals surface area contributed by atoms with Crippen molar-refractivity contribution in [3.05, 3.63) is 90.7 Å². The van der Waals surface area contributed by atoms with Crippen molar-refractivity contribution in [3.63, 3.8) is 0 Å². The molecule has 4 heterocycles. The summed E-state index contributed by atoms with van der Waals surface area (Å²) in [4.78, 5) is 31.1. The van der Waals surface area contributed by atoms with E-state index in [1.54, 1.807) is 32.0 Å². The molecule has 0 saturated carbocycles. The summed E-state index contributed by atoms with van der Waals surface area (Å²) in [6.45, 7) is 2.89. The molecule has 1 aliphatic rings. The van der Waals surface area contributed by atoms with Crippen molar-refractivity contribution in [2.75, 3.05) is 18.4 Å². The van der Waals surface area contributed by atoms with E-state index in [2.05, 4.69) is 39.2 Å². The molecule has 0 fully saturated rings. The van der Waals surface area contributed by atoms with Gasteiger partial charge >= 0.3 is 0 Å². The minimum absolute atomic E-state index is 0.0774. The first-order chi connectivity index (χ1) is 15.5. The highest BCUT2D eigenvalue weighted by Gasteiger charge is 2.32. The molecule has 0 aliphatic carbocycles. The third-order valence-electron chi connectivity index (χ3n) is 6.04. The molecular weight excluding hydrogens is 440 g/mol. The molecule has 1 aliphatic heterocycles. The van der Waals surface area contributed by atoms with E-state index in [4.69, 9.17) is 0 Å². The lowest BCUT2D eigenvalue weighted by Gasteiger charge is -2.34. The average molecular weight is 465 g/mol. The van der Waals surface area contributed by atoms with E-state index in [1.165, 1.54) is 15.3 Å². The smallest absolute Gasteiger partial charge is 0.295 e. The molecule has 32 heavy (non-hydrogen) atoms. The van der Waals surface area contributed by atoms with Gasteiger partial charge in [-0.3, -0.25) is 19.2 Å². The van der Waals surface area contributed by atoms with E-state index >= 15 is 0 Å². The van der Waals surface area contributed by atoms with E-state index < -0.39 is 0 Å². The van der Waals surface area contributed by atoms with Gasteiger partial charge in [0, 0.05) is 23.3 Å². The summed E-state index contributed by atoms with van der Waals surface area (Å²) in [5.41, 5.74) is 2.89. The van der Waals surface area contributed by atoms with Gasteiger partial charge in [-0.1, -0.05) is 24.3 Å². The average Bonchev–Trinajstić information content (AvgIpc) is 3.53. The molecule has 0 bridgehead atoms. The molecule has 1 atom stereocenters. The highest BCUT2D eigenvalue weighted by Crippen LogP contribution is 2.39. The quantitative estimate of drug-likeness (QED) is 0.482. The maximum absolute atomic E-state index is 13.1. The monoisotopic (exact) mass is 464 g/mol. The van der Waals surface area contributed by atoms with Crippen molar-refractivity contribution in [2.45, 2.75) is 19.4 Å². The molecule has 5 rings (SSSR count). The van der Waals surface area contributed by atoms with Gasteiger partial charge in [-0.25, -0.2) is 4.68 Å². The summed E-state index contributed by atoms with van der Waals surface area (Å²) in [6.07, 6.45) is 0.938. The summed E-state index contributed by atoms with van der Waals surface area (Å²) in [7, 11) is 1.83. The lowest BCUT2D eigenvalue weighted by atomic mass is 9.98. The Morgan fingerprint density at radius 3 is 2.66 bits per heavy atom. The summed E-state index contributed by atoms with van der Waals surface area (Å²) >= 11 is 3.50. The van der Waals surface area contributed by atoms with Gasteiger partial charge in [0.05, 0.1) is 24.0 Å². The molecule has 0 radical (unpaired) electrons. The van der Waals surface area contributed by atoms with Crippen LogP contribution in [0.25, 0.3) is 5.69 Å². The minimum Gasteiger partial charge on any atom is -0.319 e. The standard InChI is InChI=1S/C24H24N4O2S2/c1-16-22(24(30)28(26(16)2)17-7-4-3-5-8-17)25-21(29)15-27-12-10-19-18(11-14-32-19)23(27)20-9-6-13-31-20/h3-9,11,13-14,23H,10,12,15H2,1-2H3,(H,25,29)/t23-/m1/s1. The number of hydrogen-bond donors (Lipinski definition) is 1. The Morgan fingerprint density at radius 2 is 1.91 bits per heavy atom. The molecule has 4 aromatic rings. The fraction of sp³-hybridized carbons (Fsp3) is 0.250. The number of hydrogen-bond acceptors (Lipinski definition) is 5. The van der Waals surface area contributed by atoms with Gasteiger partial charge in [-0.2, -0.15) is 0 Å². The van der Waals surface area contributed by atoms with E-state index in [-0.39, 0.29) is 24.1 Å². The van der Waals surface area contributed by atoms with Crippen LogP contribution in [0.2, 0.25) is 0 Å². The van der Waals surface area contributed by atoms with Gasteiger partial charge in [0.1, 0.15) is 5.69 Å². The third-order valence-corrected chi connectivity index (χ3v) is 7.96. The number of fused-ring (bicyclic) bond motifs is 1. The molecule has 164 valence electrons. The second-order valence-electron chi connectivity index (χ2n) is 7.92. The van der Waals surface area contributed by atoms with E-state index in [1.807, 2.05) is 44.3 Å². The van der Waals surface area contributed by atoms with Gasteiger partial charge < -0.3 is 5.32 Å². The Labute approximate surface area is 194 Å². The first-order valence-corrected chi connectivity index (χ1v) is 12.3. The number of carbonyl (C=O) groups is 1. The molecule has 3 aromatic heterocycles. The van der Waals surface area contributed by atoms with Crippen molar-refractivity contribution in [1.29, 1.82) is 0 Å². The molecule has 0 unspecified atom stereocenters. The second-order valence-corrected chi connectivity index (χ2v) is 9.90. The van der Waals surface area contributed by atoms with E-state index in [0.717, 1.165) is 24.3 Å². The van der Waals surface area contributed by atoms with Crippen molar-refractivity contribution < 1.29 is 4.79 Å². The molecule has 1 N–H and O–H groups in total. The summed E-state index contributed by atoms with van der Waals surface area (Å²) < 4.78 is 3.36. The highest BCUT2D eigenvalue weighted by molar-refractivity contribution is 7.10. The minimum atomic E-state index is -0.224. The van der Waals surface area contributed by atoms with Crippen LogP contribution >= 0.6 is 22.7 Å². The zero-order valence-corrected chi connectivity index (χ0v) is 19.6. The number of aromatic nitrogens is 2. The summed E-state index contributed by atoms with van der Waals surface area (Å²) in [6, 6.07) is 15.9. The van der Waals surface area contributed by atoms with Gasteiger partial charge in [-0.15, -0.1) is 22.7 Å². The normalized spacial score (nSPS) is 16.1. The van der Waals surface area contributed by atoms with Crippen LogP contribution in [0.3, 0.4) is 0 Å². The molecule has 0 saturated heterocycles. The zero-order valence-electron chi connectivity index (χ0n) is 17.9. The van der Waals surface area contributed by atoms with Crippen LogP contribution in [0, 0.1) is 6.92 Å². The Bertz CT molecular complexity index is 1300. The maximum atomic E-state index is 13.1. The lowest BCUT2D eigenvalue weighted by Crippen LogP contribution is -2.40. The molecule has 1 amide bonds. The van der Waals surface area contributed by atoms with E-state index in [9.17, 15) is 9.59 Å². The number of para-hydroxylation sites is 1. The van der Waals surface area contributed by atoms with Crippen LogP contribution in [0.5, 0.6) is 0 Å². The molecular formula is C24H24N4O2S2. The number of amides is 1. The molecule has 1 aromatic carbocycles. The second kappa shape index (κ2) is 8.54. The predicted molar refractivity (Wildman–Crippen MR) is 130 cm³/mol. The number of carbonyl (C=O) groups excluding carboxylic acids is 1. The third kappa shape index (κ3) is 3.64. The van der Waals surface area contributed by atoms with Gasteiger partial charge in [0.2, 0.25) is 5.91 Å². The van der Waals surface area contributed by atoms with Crippen LogP contribution < -0.4 is 10.9 Å². The number of anilines is 1. The molecule has 0 spiro atoms. The van der Waals surface area contributed by atoms with Gasteiger partial charge in [-0.05, 0) is 53.9 Å². The van der Waals surface area contributed by atoms with E-state index in [0.29, 0.717) is 5.69 Å². The van der Waals surface area contributed by atoms with Gasteiger partial charge in [0.15, 0.2) is 0 Å². The van der Waals surface area contributed by atoms with Gasteiger partial charge in [0.25, 0.3) is 5.56 Å². The summed E-state index contributed by atoms with van der Waals surface area (Å²) in [5.74, 6) is -0.170. The Morgan fingerprint density at radius 1 is 1.09 bits per heavy atom. The van der Waals surface area contributed by atoms with Crippen LogP contribution in [-0.2, 0) is 18.3 Å². The Balaban J connectivity index is 1.40. The number of rotatable bonds is 5. The fourth-order valence-corrected chi connectivity index (χ4v) is 6.17. The Hall–Kier alpha value is -2.94. The maximum Gasteiger partial charge on any atom is 0.295 e. The van der Waals surface area contributed by atoms with Crippen molar-refractivity contribution in [3.8, 4) is 5.69 Å². The molecule has 6 nitrogen and oxygen atoms in total. The van der Waals surface area contributed by atoms with Crippen LogP contribution in [0.4, 0.5) is 5.69 Å². The highest BCUT2D eigenvalue weighted by atomic mass is 32.1. The largest absolute Gasteiger partial charge is 0.319 e. The first-order valence-electron chi connectivity index (χ1n) is 10.5. The number of thiophene rings is 2. The first kappa shape index (κ1) is 20.9. The SMILES string of the molecule is Cc1c(NC(=O)CN2CCc3sccc3[C@@H]2c2cccs2)c(=O)n(-c2ccccc2)n1C. The van der Waals surface area contributed by atoms with Crippen LogP contribution in [0.15, 0.2) is 64.1 Å². The van der Waals surface area contributed by atoms with Crippen molar-refractivity contribution >= 4 is 34.3 Å². The Kier molecular flexibility index (Phi) is 5.58. The lowest BCUT2D eigenvalue weighted by molar-refractivity contribution is -0.117. The fourth-order valence-electron chi connectivity index (χ4n) is 4.39. The number of benzene rings is 1. The predicted octanol–water partition coefficient (Wildman–Crippen LogP) is 4.19. The van der Waals surface area contributed by atoms with Crippen LogP contribution in [-0.4, -0.2) is 33.3 Å². The van der Waals surface area contributed by atoms with Crippen molar-refractivity contribution in [1.82, 2.24) is 14.3 Å². The van der Waals surface area contributed by atoms with Crippen molar-refractivity contribution in [2.24, 2.45) is 7.05 Å². The number of nitrogens with zero attached hydrogens (tertiary/aromatic N) is 3. The number of nitrogens with one attached hydrogen (secondary N) is 1. The molecule has 8 heteroatoms. The van der Waals surface area contributed by atoms with Crippen LogP contribution in [0.1, 0.15) is 27.1 Å². The summed E-state index contributed by atoms with van der Waals surface area (Å²) in [5, 5.41) is 7.12.